The molecular weight excluding hydrogens is 272 g/mol. The molecular formula is C18H24N4. The van der Waals surface area contributed by atoms with Gasteiger partial charge in [0.15, 0.2) is 0 Å². The quantitative estimate of drug-likeness (QED) is 0.856. The lowest BCUT2D eigenvalue weighted by Gasteiger charge is -2.14. The van der Waals surface area contributed by atoms with Crippen LogP contribution in [-0.2, 0) is 6.42 Å². The standard InChI is InChI=1S/C18H24N4/c1-3-14-8-10-16(11-9-14)21-18-19-13(2)12-17(22-18)20-15-6-4-5-7-15/h8-12,15H,3-7H2,1-2H3,(H2,19,20,21,22). The van der Waals surface area contributed by atoms with Crippen molar-refractivity contribution < 1.29 is 0 Å². The number of hydrogen-bond donors (Lipinski definition) is 2. The van der Waals surface area contributed by atoms with E-state index in [-0.39, 0.29) is 0 Å². The van der Waals surface area contributed by atoms with Crippen LogP contribution >= 0.6 is 0 Å². The van der Waals surface area contributed by atoms with Crippen LogP contribution in [0.4, 0.5) is 17.5 Å². The van der Waals surface area contributed by atoms with Gasteiger partial charge in [-0.2, -0.15) is 4.98 Å². The second-order valence-corrected chi connectivity index (χ2v) is 6.02. The minimum Gasteiger partial charge on any atom is -0.367 e. The zero-order valence-corrected chi connectivity index (χ0v) is 13.4. The lowest BCUT2D eigenvalue weighted by atomic mass is 10.1. The van der Waals surface area contributed by atoms with Gasteiger partial charge >= 0.3 is 0 Å². The number of benzene rings is 1. The Morgan fingerprint density at radius 2 is 1.82 bits per heavy atom. The molecule has 4 heteroatoms. The van der Waals surface area contributed by atoms with Crippen molar-refractivity contribution in [3.8, 4) is 0 Å². The largest absolute Gasteiger partial charge is 0.367 e. The molecule has 0 bridgehead atoms. The molecule has 2 N–H and O–H groups in total. The smallest absolute Gasteiger partial charge is 0.229 e. The Morgan fingerprint density at radius 3 is 2.50 bits per heavy atom. The minimum absolute atomic E-state index is 0.561. The van der Waals surface area contributed by atoms with E-state index in [0.29, 0.717) is 12.0 Å². The van der Waals surface area contributed by atoms with Crippen LogP contribution < -0.4 is 10.6 Å². The van der Waals surface area contributed by atoms with Gasteiger partial charge < -0.3 is 10.6 Å². The molecule has 1 aromatic carbocycles. The highest BCUT2D eigenvalue weighted by atomic mass is 15.1. The monoisotopic (exact) mass is 296 g/mol. The molecule has 3 rings (SSSR count). The fourth-order valence-corrected chi connectivity index (χ4v) is 2.93. The van der Waals surface area contributed by atoms with E-state index in [0.717, 1.165) is 23.6 Å². The Balaban J connectivity index is 1.73. The Kier molecular flexibility index (Phi) is 4.56. The summed E-state index contributed by atoms with van der Waals surface area (Å²) in [6, 6.07) is 11.0. The Labute approximate surface area is 132 Å². The van der Waals surface area contributed by atoms with Gasteiger partial charge in [-0.1, -0.05) is 31.9 Å². The third kappa shape index (κ3) is 3.75. The zero-order chi connectivity index (χ0) is 15.4. The lowest BCUT2D eigenvalue weighted by molar-refractivity contribution is 0.749. The SMILES string of the molecule is CCc1ccc(Nc2nc(C)cc(NC3CCCC3)n2)cc1. The summed E-state index contributed by atoms with van der Waals surface area (Å²) >= 11 is 0. The van der Waals surface area contributed by atoms with Crippen LogP contribution in [0, 0.1) is 6.92 Å². The van der Waals surface area contributed by atoms with Crippen molar-refractivity contribution in [2.24, 2.45) is 0 Å². The van der Waals surface area contributed by atoms with Crippen molar-refractivity contribution in [1.82, 2.24) is 9.97 Å². The lowest BCUT2D eigenvalue weighted by Crippen LogP contribution is -2.16. The van der Waals surface area contributed by atoms with Crippen molar-refractivity contribution in [2.75, 3.05) is 10.6 Å². The second kappa shape index (κ2) is 6.77. The normalized spacial score (nSPS) is 15.0. The maximum atomic E-state index is 4.60. The fraction of sp³-hybridized carbons (Fsp3) is 0.444. The number of rotatable bonds is 5. The summed E-state index contributed by atoms with van der Waals surface area (Å²) < 4.78 is 0. The van der Waals surface area contributed by atoms with E-state index in [1.807, 2.05) is 13.0 Å². The van der Waals surface area contributed by atoms with Crippen molar-refractivity contribution in [1.29, 1.82) is 0 Å². The molecule has 0 saturated heterocycles. The van der Waals surface area contributed by atoms with E-state index in [1.165, 1.54) is 31.2 Å². The Hall–Kier alpha value is -2.10. The van der Waals surface area contributed by atoms with Crippen LogP contribution in [-0.4, -0.2) is 16.0 Å². The van der Waals surface area contributed by atoms with Crippen LogP contribution in [0.15, 0.2) is 30.3 Å². The van der Waals surface area contributed by atoms with Gasteiger partial charge in [0.1, 0.15) is 5.82 Å². The molecule has 116 valence electrons. The highest BCUT2D eigenvalue weighted by Gasteiger charge is 2.15. The topological polar surface area (TPSA) is 49.8 Å². The van der Waals surface area contributed by atoms with Gasteiger partial charge in [0.05, 0.1) is 0 Å². The third-order valence-electron chi connectivity index (χ3n) is 4.18. The molecule has 1 saturated carbocycles. The van der Waals surface area contributed by atoms with Crippen molar-refractivity contribution in [2.45, 2.75) is 52.0 Å². The summed E-state index contributed by atoms with van der Waals surface area (Å²) in [6.45, 7) is 4.17. The van der Waals surface area contributed by atoms with E-state index in [4.69, 9.17) is 0 Å². The van der Waals surface area contributed by atoms with E-state index in [9.17, 15) is 0 Å². The molecule has 0 radical (unpaired) electrons. The van der Waals surface area contributed by atoms with Crippen LogP contribution in [0.5, 0.6) is 0 Å². The molecule has 1 aliphatic rings. The molecule has 4 nitrogen and oxygen atoms in total. The zero-order valence-electron chi connectivity index (χ0n) is 13.4. The Morgan fingerprint density at radius 1 is 1.09 bits per heavy atom. The van der Waals surface area contributed by atoms with Gasteiger partial charge in [0.2, 0.25) is 5.95 Å². The average molecular weight is 296 g/mol. The van der Waals surface area contributed by atoms with Gasteiger partial charge in [-0.15, -0.1) is 0 Å². The predicted octanol–water partition coefficient (Wildman–Crippen LogP) is 4.45. The number of hydrogen-bond acceptors (Lipinski definition) is 4. The highest BCUT2D eigenvalue weighted by Crippen LogP contribution is 2.23. The molecule has 0 unspecified atom stereocenters. The summed E-state index contributed by atoms with van der Waals surface area (Å²) in [5.74, 6) is 1.58. The number of aryl methyl sites for hydroxylation is 2. The van der Waals surface area contributed by atoms with Crippen LogP contribution in [0.3, 0.4) is 0 Å². The summed E-state index contributed by atoms with van der Waals surface area (Å²) in [5.41, 5.74) is 3.33. The van der Waals surface area contributed by atoms with Crippen LogP contribution in [0.1, 0.15) is 43.9 Å². The Bertz CT molecular complexity index is 615. The molecule has 0 amide bonds. The van der Waals surface area contributed by atoms with E-state index in [2.05, 4.69) is 51.8 Å². The maximum Gasteiger partial charge on any atom is 0.229 e. The molecule has 1 fully saturated rings. The first-order valence-electron chi connectivity index (χ1n) is 8.21. The molecule has 0 spiro atoms. The van der Waals surface area contributed by atoms with Gasteiger partial charge in [0, 0.05) is 23.5 Å². The van der Waals surface area contributed by atoms with Gasteiger partial charge in [-0.25, -0.2) is 4.98 Å². The fourth-order valence-electron chi connectivity index (χ4n) is 2.93. The number of anilines is 3. The second-order valence-electron chi connectivity index (χ2n) is 6.02. The van der Waals surface area contributed by atoms with Gasteiger partial charge in [-0.05, 0) is 43.9 Å². The number of nitrogens with zero attached hydrogens (tertiary/aromatic N) is 2. The van der Waals surface area contributed by atoms with Crippen molar-refractivity contribution in [3.63, 3.8) is 0 Å². The molecule has 2 aromatic rings. The first-order valence-corrected chi connectivity index (χ1v) is 8.21. The summed E-state index contributed by atoms with van der Waals surface area (Å²) in [5, 5.41) is 6.83. The summed E-state index contributed by atoms with van der Waals surface area (Å²) in [6.07, 6.45) is 6.17. The van der Waals surface area contributed by atoms with Gasteiger partial charge in [0.25, 0.3) is 0 Å². The molecule has 1 heterocycles. The highest BCUT2D eigenvalue weighted by molar-refractivity contribution is 5.55. The van der Waals surface area contributed by atoms with Gasteiger partial charge in [-0.3, -0.25) is 0 Å². The van der Waals surface area contributed by atoms with E-state index >= 15 is 0 Å². The average Bonchev–Trinajstić information content (AvgIpc) is 3.00. The molecule has 0 aliphatic heterocycles. The van der Waals surface area contributed by atoms with Crippen LogP contribution in [0.25, 0.3) is 0 Å². The third-order valence-corrected chi connectivity index (χ3v) is 4.18. The first kappa shape index (κ1) is 14.8. The maximum absolute atomic E-state index is 4.60. The molecule has 1 aromatic heterocycles. The molecule has 0 atom stereocenters. The van der Waals surface area contributed by atoms with Crippen molar-refractivity contribution in [3.05, 3.63) is 41.6 Å². The molecule has 22 heavy (non-hydrogen) atoms. The van der Waals surface area contributed by atoms with Crippen LogP contribution in [0.2, 0.25) is 0 Å². The first-order chi connectivity index (χ1) is 10.7. The van der Waals surface area contributed by atoms with Crippen molar-refractivity contribution >= 4 is 17.5 Å². The predicted molar refractivity (Wildman–Crippen MR) is 91.8 cm³/mol. The molecule has 1 aliphatic carbocycles. The minimum atomic E-state index is 0.561. The number of aromatic nitrogens is 2. The van der Waals surface area contributed by atoms with E-state index in [1.54, 1.807) is 0 Å². The summed E-state index contributed by atoms with van der Waals surface area (Å²) in [7, 11) is 0. The number of nitrogens with one attached hydrogen (secondary N) is 2. The van der Waals surface area contributed by atoms with E-state index < -0.39 is 0 Å². The summed E-state index contributed by atoms with van der Waals surface area (Å²) in [4.78, 5) is 9.09.